The van der Waals surface area contributed by atoms with Gasteiger partial charge in [0, 0.05) is 5.56 Å². The lowest BCUT2D eigenvalue weighted by atomic mass is 9.73. The van der Waals surface area contributed by atoms with Crippen LogP contribution in [-0.4, -0.2) is 36.1 Å². The predicted octanol–water partition coefficient (Wildman–Crippen LogP) is 6.18. The minimum Gasteiger partial charge on any atom is -0.454 e. The van der Waals surface area contributed by atoms with Gasteiger partial charge in [-0.3, -0.25) is 19.3 Å². The van der Waals surface area contributed by atoms with E-state index in [1.165, 1.54) is 46.9 Å². The van der Waals surface area contributed by atoms with Crippen LogP contribution in [0, 0.1) is 30.6 Å². The van der Waals surface area contributed by atoms with Crippen LogP contribution >= 0.6 is 0 Å². The number of carbonyl (C=O) groups is 5. The Labute approximate surface area is 265 Å². The quantitative estimate of drug-likeness (QED) is 0.101. The number of benzene rings is 4. The second-order valence-electron chi connectivity index (χ2n) is 12.3. The van der Waals surface area contributed by atoms with Gasteiger partial charge in [0.15, 0.2) is 12.4 Å². The molecule has 1 saturated heterocycles. The Kier molecular flexibility index (Phi) is 7.56. The van der Waals surface area contributed by atoms with Gasteiger partial charge in [-0.25, -0.2) is 9.59 Å². The third-order valence-corrected chi connectivity index (χ3v) is 9.59. The highest BCUT2D eigenvalue weighted by molar-refractivity contribution is 6.23. The third-order valence-electron chi connectivity index (χ3n) is 9.59. The standard InChI is InChI=1S/C38H31NO7/c1-22-10-12-25(13-11-22)38(44)46-29-16-14-24(15-17-29)32(40)21-45-37(43)26-8-5-9-28(18-26)39-35(41)33-27-19-30(23-6-3-2-4-7-23)31(20-27)34(33)36(39)42/h2-18,27,30-31,33-34H,19-21H2,1H3/t27-,30-,31+,33+,34+/m0/s1. The SMILES string of the molecule is Cc1ccc(C(=O)Oc2ccc(C(=O)COC(=O)c3cccc(N4C(=O)[C@@H]5[C@@H]6C[C@@H]([C@H]5C4=O)[C@H](c4ccccc4)C6)c3)cc2)cc1. The van der Waals surface area contributed by atoms with Crippen molar-refractivity contribution < 1.29 is 33.4 Å². The lowest BCUT2D eigenvalue weighted by Gasteiger charge is -2.28. The first-order valence-electron chi connectivity index (χ1n) is 15.4. The zero-order valence-electron chi connectivity index (χ0n) is 25.1. The molecular weight excluding hydrogens is 582 g/mol. The van der Waals surface area contributed by atoms with E-state index in [0.717, 1.165) is 18.4 Å². The van der Waals surface area contributed by atoms with Crippen molar-refractivity contribution in [1.82, 2.24) is 0 Å². The van der Waals surface area contributed by atoms with Crippen LogP contribution in [0.15, 0.2) is 103 Å². The first kappa shape index (κ1) is 29.3. The first-order chi connectivity index (χ1) is 22.3. The van der Waals surface area contributed by atoms with Gasteiger partial charge in [0.25, 0.3) is 0 Å². The molecule has 2 amide bonds. The second kappa shape index (κ2) is 11.9. The smallest absolute Gasteiger partial charge is 0.343 e. The molecule has 2 aliphatic carbocycles. The van der Waals surface area contributed by atoms with Gasteiger partial charge in [-0.15, -0.1) is 0 Å². The molecule has 3 fully saturated rings. The van der Waals surface area contributed by atoms with Crippen molar-refractivity contribution in [2.75, 3.05) is 11.5 Å². The summed E-state index contributed by atoms with van der Waals surface area (Å²) in [5.74, 6) is -2.00. The molecule has 5 atom stereocenters. The Morgan fingerprint density at radius 3 is 2.15 bits per heavy atom. The van der Waals surface area contributed by atoms with E-state index in [9.17, 15) is 24.0 Å². The Morgan fingerprint density at radius 1 is 0.717 bits per heavy atom. The number of aryl methyl sites for hydroxylation is 1. The van der Waals surface area contributed by atoms with Crippen molar-refractivity contribution in [2.24, 2.45) is 23.7 Å². The number of imide groups is 1. The lowest BCUT2D eigenvalue weighted by molar-refractivity contribution is -0.123. The van der Waals surface area contributed by atoms with Gasteiger partial charge in [-0.2, -0.15) is 0 Å². The number of amides is 2. The Morgan fingerprint density at radius 2 is 1.41 bits per heavy atom. The fourth-order valence-corrected chi connectivity index (χ4v) is 7.43. The molecule has 46 heavy (non-hydrogen) atoms. The minimum absolute atomic E-state index is 0.118. The minimum atomic E-state index is -0.748. The Balaban J connectivity index is 0.977. The van der Waals surface area contributed by atoms with Gasteiger partial charge in [0.2, 0.25) is 11.8 Å². The summed E-state index contributed by atoms with van der Waals surface area (Å²) in [4.78, 5) is 66.6. The monoisotopic (exact) mass is 613 g/mol. The number of ketones is 1. The second-order valence-corrected chi connectivity index (χ2v) is 12.3. The normalized spacial score (nSPS) is 22.9. The molecule has 230 valence electrons. The molecular formula is C38H31NO7. The van der Waals surface area contributed by atoms with Crippen LogP contribution in [-0.2, 0) is 14.3 Å². The lowest BCUT2D eigenvalue weighted by Crippen LogP contribution is -2.33. The van der Waals surface area contributed by atoms with Gasteiger partial charge < -0.3 is 9.47 Å². The van der Waals surface area contributed by atoms with Crippen molar-refractivity contribution in [3.63, 3.8) is 0 Å². The van der Waals surface area contributed by atoms with E-state index in [2.05, 4.69) is 12.1 Å². The van der Waals surface area contributed by atoms with E-state index < -0.39 is 24.3 Å². The van der Waals surface area contributed by atoms with E-state index >= 15 is 0 Å². The fourth-order valence-electron chi connectivity index (χ4n) is 7.43. The molecule has 3 aliphatic rings. The fraction of sp³-hybridized carbons (Fsp3) is 0.237. The summed E-state index contributed by atoms with van der Waals surface area (Å²) < 4.78 is 10.7. The Hall–Kier alpha value is -5.37. The molecule has 0 N–H and O–H groups in total. The summed E-state index contributed by atoms with van der Waals surface area (Å²) in [7, 11) is 0. The zero-order valence-corrected chi connectivity index (χ0v) is 25.1. The van der Waals surface area contributed by atoms with Crippen molar-refractivity contribution in [3.05, 3.63) is 131 Å². The molecule has 2 saturated carbocycles. The van der Waals surface area contributed by atoms with E-state index in [-0.39, 0.29) is 58.3 Å². The number of hydrogen-bond acceptors (Lipinski definition) is 7. The zero-order chi connectivity index (χ0) is 31.9. The molecule has 4 aromatic carbocycles. The number of nitrogens with zero attached hydrogens (tertiary/aromatic N) is 1. The molecule has 7 rings (SSSR count). The number of ether oxygens (including phenoxy) is 2. The van der Waals surface area contributed by atoms with Crippen LogP contribution in [0.25, 0.3) is 0 Å². The van der Waals surface area contributed by atoms with Crippen molar-refractivity contribution in [3.8, 4) is 5.75 Å². The highest BCUT2D eigenvalue weighted by Crippen LogP contribution is 2.61. The maximum absolute atomic E-state index is 13.7. The highest BCUT2D eigenvalue weighted by atomic mass is 16.5. The molecule has 0 radical (unpaired) electrons. The molecule has 1 aliphatic heterocycles. The molecule has 4 aromatic rings. The molecule has 1 heterocycles. The molecule has 8 nitrogen and oxygen atoms in total. The Bertz CT molecular complexity index is 1850. The molecule has 2 bridgehead atoms. The van der Waals surface area contributed by atoms with Crippen LogP contribution in [0.2, 0.25) is 0 Å². The number of hydrogen-bond donors (Lipinski definition) is 0. The topological polar surface area (TPSA) is 107 Å². The van der Waals surface area contributed by atoms with Crippen molar-refractivity contribution >= 4 is 35.2 Å². The van der Waals surface area contributed by atoms with Gasteiger partial charge in [0.1, 0.15) is 5.75 Å². The van der Waals surface area contributed by atoms with Gasteiger partial charge in [-0.05, 0) is 97.7 Å². The van der Waals surface area contributed by atoms with Gasteiger partial charge in [-0.1, -0.05) is 54.1 Å². The summed E-state index contributed by atoms with van der Waals surface area (Å²) in [5.41, 5.74) is 3.38. The largest absolute Gasteiger partial charge is 0.454 e. The average molecular weight is 614 g/mol. The molecule has 0 aromatic heterocycles. The molecule has 0 unspecified atom stereocenters. The summed E-state index contributed by atoms with van der Waals surface area (Å²) in [6.45, 7) is 1.41. The summed E-state index contributed by atoms with van der Waals surface area (Å²) in [6.07, 6.45) is 1.77. The van der Waals surface area contributed by atoms with Crippen LogP contribution < -0.4 is 9.64 Å². The molecule has 0 spiro atoms. The van der Waals surface area contributed by atoms with Crippen LogP contribution in [0.1, 0.15) is 61.0 Å². The number of esters is 2. The van der Waals surface area contributed by atoms with Crippen LogP contribution in [0.5, 0.6) is 5.75 Å². The van der Waals surface area contributed by atoms with E-state index in [1.807, 2.05) is 37.3 Å². The van der Waals surface area contributed by atoms with E-state index in [0.29, 0.717) is 11.3 Å². The summed E-state index contributed by atoms with van der Waals surface area (Å²) in [6, 6.07) is 29.4. The predicted molar refractivity (Wildman–Crippen MR) is 169 cm³/mol. The van der Waals surface area contributed by atoms with E-state index in [1.54, 1.807) is 24.3 Å². The number of rotatable bonds is 8. The molecule has 8 heteroatoms. The average Bonchev–Trinajstić information content (AvgIpc) is 3.75. The maximum Gasteiger partial charge on any atom is 0.343 e. The van der Waals surface area contributed by atoms with Crippen molar-refractivity contribution in [1.29, 1.82) is 0 Å². The third kappa shape index (κ3) is 5.30. The van der Waals surface area contributed by atoms with Gasteiger partial charge >= 0.3 is 11.9 Å². The summed E-state index contributed by atoms with van der Waals surface area (Å²) in [5, 5.41) is 0. The number of anilines is 1. The van der Waals surface area contributed by atoms with Gasteiger partial charge in [0.05, 0.1) is 28.7 Å². The summed E-state index contributed by atoms with van der Waals surface area (Å²) >= 11 is 0. The van der Waals surface area contributed by atoms with Crippen LogP contribution in [0.4, 0.5) is 5.69 Å². The number of carbonyl (C=O) groups excluding carboxylic acids is 5. The van der Waals surface area contributed by atoms with Crippen molar-refractivity contribution in [2.45, 2.75) is 25.7 Å². The van der Waals surface area contributed by atoms with Crippen LogP contribution in [0.3, 0.4) is 0 Å². The van der Waals surface area contributed by atoms with E-state index in [4.69, 9.17) is 9.47 Å². The number of Topliss-reactive ketones (excluding diaryl/α,β-unsaturated/α-hetero) is 1. The first-order valence-corrected chi connectivity index (χ1v) is 15.4. The maximum atomic E-state index is 13.7. The number of fused-ring (bicyclic) bond motifs is 5. The highest BCUT2D eigenvalue weighted by Gasteiger charge is 2.64.